The maximum atomic E-state index is 5.53. The van der Waals surface area contributed by atoms with Crippen LogP contribution in [0, 0.1) is 0 Å². The highest BCUT2D eigenvalue weighted by Crippen LogP contribution is 2.19. The van der Waals surface area contributed by atoms with Gasteiger partial charge in [0, 0.05) is 18.2 Å². The lowest BCUT2D eigenvalue weighted by Crippen LogP contribution is -2.47. The summed E-state index contributed by atoms with van der Waals surface area (Å²) in [5, 5.41) is 7.72. The summed E-state index contributed by atoms with van der Waals surface area (Å²) in [6, 6.07) is 19.8. The molecule has 0 radical (unpaired) electrons. The van der Waals surface area contributed by atoms with Gasteiger partial charge in [-0.05, 0) is 37.3 Å². The second-order valence-electron chi connectivity index (χ2n) is 7.98. The van der Waals surface area contributed by atoms with Crippen LogP contribution in [0.2, 0.25) is 0 Å². The van der Waals surface area contributed by atoms with Gasteiger partial charge in [0.05, 0.1) is 13.3 Å². The molecule has 0 heterocycles. The monoisotopic (exact) mass is 380 g/mol. The zero-order valence-corrected chi connectivity index (χ0v) is 17.3. The number of aryl methyl sites for hydroxylation is 1. The highest BCUT2D eigenvalue weighted by atomic mass is 16.5. The van der Waals surface area contributed by atoms with Crippen LogP contribution in [0.5, 0.6) is 5.75 Å². The van der Waals surface area contributed by atoms with Gasteiger partial charge in [0.2, 0.25) is 0 Å². The van der Waals surface area contributed by atoms with Gasteiger partial charge in [-0.15, -0.1) is 0 Å². The minimum absolute atomic E-state index is 0.314. The molecule has 1 fully saturated rings. The molecule has 3 heteroatoms. The van der Waals surface area contributed by atoms with Gasteiger partial charge >= 0.3 is 0 Å². The van der Waals surface area contributed by atoms with Gasteiger partial charge in [0.1, 0.15) is 5.75 Å². The summed E-state index contributed by atoms with van der Waals surface area (Å²) in [4.78, 5) is 0. The van der Waals surface area contributed by atoms with Gasteiger partial charge in [-0.1, -0.05) is 80.6 Å². The fourth-order valence-electron chi connectivity index (χ4n) is 4.19. The number of rotatable bonds is 9. The number of hydrogen-bond acceptors (Lipinski definition) is 3. The number of benzene rings is 2. The molecule has 3 nitrogen and oxygen atoms in total. The Bertz CT molecular complexity index is 665. The standard InChI is InChI=1S/C25H36N2O/c1-28-24-17-11-10-14-22(24)20-26-25(19-18-21-12-6-5-7-13-21)27-23-15-8-3-2-4-9-16-23/h5-7,10-14,17,23,25-27H,2-4,8-9,15-16,18-20H2,1H3. The Morgan fingerprint density at radius 1 is 0.893 bits per heavy atom. The number of hydrogen-bond donors (Lipinski definition) is 2. The van der Waals surface area contributed by atoms with Crippen molar-refractivity contribution >= 4 is 0 Å². The quantitative estimate of drug-likeness (QED) is 0.568. The molecule has 0 aromatic heterocycles. The van der Waals surface area contributed by atoms with E-state index < -0.39 is 0 Å². The van der Waals surface area contributed by atoms with Crippen molar-refractivity contribution in [1.82, 2.24) is 10.6 Å². The van der Waals surface area contributed by atoms with E-state index in [1.54, 1.807) is 7.11 Å². The molecular formula is C25H36N2O. The van der Waals surface area contributed by atoms with Crippen molar-refractivity contribution in [3.8, 4) is 5.75 Å². The third kappa shape index (κ3) is 6.96. The molecule has 1 atom stereocenters. The fourth-order valence-corrected chi connectivity index (χ4v) is 4.19. The first kappa shape index (κ1) is 20.9. The second-order valence-corrected chi connectivity index (χ2v) is 7.98. The normalized spacial score (nSPS) is 16.9. The lowest BCUT2D eigenvalue weighted by Gasteiger charge is -2.28. The minimum Gasteiger partial charge on any atom is -0.496 e. The summed E-state index contributed by atoms with van der Waals surface area (Å²) in [5.74, 6) is 0.961. The largest absolute Gasteiger partial charge is 0.496 e. The van der Waals surface area contributed by atoms with E-state index >= 15 is 0 Å². The van der Waals surface area contributed by atoms with Crippen molar-refractivity contribution in [1.29, 1.82) is 0 Å². The topological polar surface area (TPSA) is 33.3 Å². The smallest absolute Gasteiger partial charge is 0.123 e. The first-order chi connectivity index (χ1) is 13.8. The van der Waals surface area contributed by atoms with Crippen molar-refractivity contribution in [2.24, 2.45) is 0 Å². The first-order valence-electron chi connectivity index (χ1n) is 11.0. The number of ether oxygens (including phenoxy) is 1. The lowest BCUT2D eigenvalue weighted by molar-refractivity contribution is 0.306. The highest BCUT2D eigenvalue weighted by molar-refractivity contribution is 5.33. The van der Waals surface area contributed by atoms with Crippen molar-refractivity contribution in [2.45, 2.75) is 76.5 Å². The van der Waals surface area contributed by atoms with Crippen LogP contribution in [0.15, 0.2) is 54.6 Å². The van der Waals surface area contributed by atoms with Crippen LogP contribution >= 0.6 is 0 Å². The van der Waals surface area contributed by atoms with E-state index in [9.17, 15) is 0 Å². The second kappa shape index (κ2) is 11.9. The molecule has 0 aliphatic heterocycles. The lowest BCUT2D eigenvalue weighted by atomic mass is 9.96. The molecule has 1 aliphatic carbocycles. The molecule has 1 saturated carbocycles. The molecule has 2 aromatic carbocycles. The van der Waals surface area contributed by atoms with Gasteiger partial charge in [0.25, 0.3) is 0 Å². The van der Waals surface area contributed by atoms with Gasteiger partial charge in [-0.25, -0.2) is 0 Å². The Kier molecular flexibility index (Phi) is 8.86. The predicted molar refractivity (Wildman–Crippen MR) is 118 cm³/mol. The highest BCUT2D eigenvalue weighted by Gasteiger charge is 2.17. The Morgan fingerprint density at radius 2 is 1.57 bits per heavy atom. The van der Waals surface area contributed by atoms with Crippen LogP contribution in [0.4, 0.5) is 0 Å². The first-order valence-corrected chi connectivity index (χ1v) is 11.0. The van der Waals surface area contributed by atoms with Crippen LogP contribution in [0.3, 0.4) is 0 Å². The average Bonchev–Trinajstić information content (AvgIpc) is 2.72. The van der Waals surface area contributed by atoms with Crippen molar-refractivity contribution in [3.05, 3.63) is 65.7 Å². The molecule has 3 rings (SSSR count). The molecule has 0 saturated heterocycles. The van der Waals surface area contributed by atoms with E-state index in [1.807, 2.05) is 12.1 Å². The molecule has 1 unspecified atom stereocenters. The summed E-state index contributed by atoms with van der Waals surface area (Å²) in [5.41, 5.74) is 2.63. The molecule has 0 spiro atoms. The Hall–Kier alpha value is -1.84. The third-order valence-electron chi connectivity index (χ3n) is 5.84. The van der Waals surface area contributed by atoms with Crippen molar-refractivity contribution in [3.63, 3.8) is 0 Å². The third-order valence-corrected chi connectivity index (χ3v) is 5.84. The number of para-hydroxylation sites is 1. The van der Waals surface area contributed by atoms with Gasteiger partial charge in [-0.3, -0.25) is 10.6 Å². The van der Waals surface area contributed by atoms with Crippen LogP contribution in [-0.2, 0) is 13.0 Å². The molecule has 28 heavy (non-hydrogen) atoms. The van der Waals surface area contributed by atoms with E-state index in [4.69, 9.17) is 4.74 Å². The van der Waals surface area contributed by atoms with E-state index in [1.165, 1.54) is 56.1 Å². The molecular weight excluding hydrogens is 344 g/mol. The predicted octanol–water partition coefficient (Wildman–Crippen LogP) is 5.45. The van der Waals surface area contributed by atoms with Crippen LogP contribution in [0.1, 0.15) is 62.5 Å². The molecule has 0 bridgehead atoms. The summed E-state index contributed by atoms with van der Waals surface area (Å²) < 4.78 is 5.53. The Labute approximate surface area is 170 Å². The van der Waals surface area contributed by atoms with Gasteiger partial charge < -0.3 is 4.74 Å². The van der Waals surface area contributed by atoms with Crippen LogP contribution in [-0.4, -0.2) is 19.3 Å². The van der Waals surface area contributed by atoms with Gasteiger partial charge in [-0.2, -0.15) is 0 Å². The van der Waals surface area contributed by atoms with Crippen LogP contribution < -0.4 is 15.4 Å². The zero-order chi connectivity index (χ0) is 19.4. The summed E-state index contributed by atoms with van der Waals surface area (Å²) in [6.45, 7) is 0.823. The SMILES string of the molecule is COc1ccccc1CNC(CCc1ccccc1)NC1CCCCCCC1. The summed E-state index contributed by atoms with van der Waals surface area (Å²) in [6.07, 6.45) is 12.0. The van der Waals surface area contributed by atoms with E-state index in [0.29, 0.717) is 12.2 Å². The van der Waals surface area contributed by atoms with Crippen molar-refractivity contribution < 1.29 is 4.74 Å². The maximum Gasteiger partial charge on any atom is 0.123 e. The Morgan fingerprint density at radius 3 is 2.32 bits per heavy atom. The average molecular weight is 381 g/mol. The fraction of sp³-hybridized carbons (Fsp3) is 0.520. The van der Waals surface area contributed by atoms with E-state index in [-0.39, 0.29) is 0 Å². The molecule has 2 N–H and O–H groups in total. The molecule has 2 aromatic rings. The Balaban J connectivity index is 1.60. The minimum atomic E-state index is 0.314. The summed E-state index contributed by atoms with van der Waals surface area (Å²) >= 11 is 0. The summed E-state index contributed by atoms with van der Waals surface area (Å²) in [7, 11) is 1.75. The van der Waals surface area contributed by atoms with E-state index in [0.717, 1.165) is 25.1 Å². The molecule has 1 aliphatic rings. The zero-order valence-electron chi connectivity index (χ0n) is 17.3. The van der Waals surface area contributed by atoms with E-state index in [2.05, 4.69) is 53.1 Å². The molecule has 0 amide bonds. The van der Waals surface area contributed by atoms with Gasteiger partial charge in [0.15, 0.2) is 0 Å². The van der Waals surface area contributed by atoms with Crippen LogP contribution in [0.25, 0.3) is 0 Å². The number of nitrogens with one attached hydrogen (secondary N) is 2. The van der Waals surface area contributed by atoms with Crippen molar-refractivity contribution in [2.75, 3.05) is 7.11 Å². The molecule has 152 valence electrons. The maximum absolute atomic E-state index is 5.53. The number of methoxy groups -OCH3 is 1.